The van der Waals surface area contributed by atoms with Crippen molar-refractivity contribution in [2.24, 2.45) is 0 Å². The first kappa shape index (κ1) is 12.4. The Labute approximate surface area is 111 Å². The molecule has 0 aliphatic heterocycles. The van der Waals surface area contributed by atoms with E-state index in [0.717, 1.165) is 22.7 Å². The van der Waals surface area contributed by atoms with E-state index in [-0.39, 0.29) is 0 Å². The van der Waals surface area contributed by atoms with E-state index in [0.29, 0.717) is 11.6 Å². The fourth-order valence-electron chi connectivity index (χ4n) is 1.54. The number of rotatable bonds is 4. The van der Waals surface area contributed by atoms with Gasteiger partial charge in [-0.1, -0.05) is 35.3 Å². The highest BCUT2D eigenvalue weighted by atomic mass is 35.5. The summed E-state index contributed by atoms with van der Waals surface area (Å²) in [6, 6.07) is 9.70. The molecule has 0 amide bonds. The number of nitrogens with one attached hydrogen (secondary N) is 1. The summed E-state index contributed by atoms with van der Waals surface area (Å²) in [5.41, 5.74) is 2.20. The first-order chi connectivity index (χ1) is 8.25. The van der Waals surface area contributed by atoms with Crippen LogP contribution in [0.4, 0.5) is 0 Å². The van der Waals surface area contributed by atoms with E-state index in [1.807, 2.05) is 30.3 Å². The topological polar surface area (TPSA) is 24.9 Å². The summed E-state index contributed by atoms with van der Waals surface area (Å²) in [5.74, 6) is 0. The van der Waals surface area contributed by atoms with Crippen LogP contribution in [-0.2, 0) is 13.1 Å². The highest BCUT2D eigenvalue weighted by Crippen LogP contribution is 2.14. The molecule has 0 atom stereocenters. The zero-order chi connectivity index (χ0) is 12.1. The Morgan fingerprint density at radius 3 is 2.76 bits per heavy atom. The molecule has 0 fully saturated rings. The lowest BCUT2D eigenvalue weighted by molar-refractivity contribution is 0.693. The lowest BCUT2D eigenvalue weighted by atomic mass is 10.2. The minimum atomic E-state index is 0.686. The zero-order valence-electron chi connectivity index (χ0n) is 9.16. The molecule has 0 saturated carbocycles. The molecule has 1 aromatic heterocycles. The number of aromatic nitrogens is 1. The number of hydrogen-bond acceptors (Lipinski definition) is 2. The molecule has 2 aromatic rings. The van der Waals surface area contributed by atoms with E-state index < -0.39 is 0 Å². The van der Waals surface area contributed by atoms with Gasteiger partial charge in [-0.05, 0) is 29.3 Å². The average molecular weight is 267 g/mol. The predicted molar refractivity (Wildman–Crippen MR) is 71.2 cm³/mol. The summed E-state index contributed by atoms with van der Waals surface area (Å²) in [6.45, 7) is 1.48. The quantitative estimate of drug-likeness (QED) is 0.914. The molecule has 88 valence electrons. The molecule has 2 rings (SSSR count). The Hall–Kier alpha value is -1.09. The maximum absolute atomic E-state index is 6.01. The van der Waals surface area contributed by atoms with Crippen molar-refractivity contribution in [1.82, 2.24) is 10.3 Å². The van der Waals surface area contributed by atoms with E-state index in [1.54, 1.807) is 12.4 Å². The second-order valence-electron chi connectivity index (χ2n) is 3.70. The molecule has 1 N–H and O–H groups in total. The number of nitrogens with zero attached hydrogens (tertiary/aromatic N) is 1. The van der Waals surface area contributed by atoms with Crippen LogP contribution >= 0.6 is 23.2 Å². The van der Waals surface area contributed by atoms with Gasteiger partial charge in [0.25, 0.3) is 0 Å². The summed E-state index contributed by atoms with van der Waals surface area (Å²) < 4.78 is 0. The SMILES string of the molecule is Clc1cccc(CNCc2ccncc2Cl)c1. The second kappa shape index (κ2) is 6.01. The molecule has 1 heterocycles. The van der Waals surface area contributed by atoms with Crippen molar-refractivity contribution in [3.63, 3.8) is 0 Å². The minimum Gasteiger partial charge on any atom is -0.309 e. The molecule has 4 heteroatoms. The molecule has 0 radical (unpaired) electrons. The largest absolute Gasteiger partial charge is 0.309 e. The maximum Gasteiger partial charge on any atom is 0.0634 e. The fraction of sp³-hybridized carbons (Fsp3) is 0.154. The van der Waals surface area contributed by atoms with Crippen LogP contribution in [0.2, 0.25) is 10.0 Å². The van der Waals surface area contributed by atoms with Crippen molar-refractivity contribution in [2.75, 3.05) is 0 Å². The smallest absolute Gasteiger partial charge is 0.0634 e. The minimum absolute atomic E-state index is 0.686. The van der Waals surface area contributed by atoms with E-state index in [1.165, 1.54) is 0 Å². The molecular weight excluding hydrogens is 255 g/mol. The zero-order valence-corrected chi connectivity index (χ0v) is 10.7. The lowest BCUT2D eigenvalue weighted by Gasteiger charge is -2.06. The van der Waals surface area contributed by atoms with Gasteiger partial charge in [0.1, 0.15) is 0 Å². The highest BCUT2D eigenvalue weighted by Gasteiger charge is 1.99. The van der Waals surface area contributed by atoms with Gasteiger partial charge in [0.05, 0.1) is 5.02 Å². The third-order valence-electron chi connectivity index (χ3n) is 2.39. The lowest BCUT2D eigenvalue weighted by Crippen LogP contribution is -2.12. The van der Waals surface area contributed by atoms with Gasteiger partial charge in [-0.3, -0.25) is 4.98 Å². The number of halogens is 2. The molecule has 0 unspecified atom stereocenters. The molecule has 0 saturated heterocycles. The Balaban J connectivity index is 1.90. The van der Waals surface area contributed by atoms with Crippen molar-refractivity contribution in [1.29, 1.82) is 0 Å². The molecule has 0 aliphatic carbocycles. The van der Waals surface area contributed by atoms with E-state index in [9.17, 15) is 0 Å². The third-order valence-corrected chi connectivity index (χ3v) is 2.97. The van der Waals surface area contributed by atoms with Crippen LogP contribution in [0.3, 0.4) is 0 Å². The molecular formula is C13H12Cl2N2. The normalized spacial score (nSPS) is 10.5. The van der Waals surface area contributed by atoms with Gasteiger partial charge in [0.2, 0.25) is 0 Å². The van der Waals surface area contributed by atoms with E-state index in [2.05, 4.69) is 10.3 Å². The predicted octanol–water partition coefficient (Wildman–Crippen LogP) is 3.68. The van der Waals surface area contributed by atoms with Gasteiger partial charge in [0.15, 0.2) is 0 Å². The number of pyridine rings is 1. The first-order valence-corrected chi connectivity index (χ1v) is 6.05. The van der Waals surface area contributed by atoms with Crippen LogP contribution in [0, 0.1) is 0 Å². The monoisotopic (exact) mass is 266 g/mol. The van der Waals surface area contributed by atoms with Crippen LogP contribution in [-0.4, -0.2) is 4.98 Å². The molecule has 0 bridgehead atoms. The Morgan fingerprint density at radius 2 is 2.00 bits per heavy atom. The molecule has 0 spiro atoms. The summed E-state index contributed by atoms with van der Waals surface area (Å²) in [5, 5.41) is 4.76. The third kappa shape index (κ3) is 3.70. The van der Waals surface area contributed by atoms with Crippen molar-refractivity contribution in [3.8, 4) is 0 Å². The first-order valence-electron chi connectivity index (χ1n) is 5.29. The summed E-state index contributed by atoms with van der Waals surface area (Å²) in [7, 11) is 0. The van der Waals surface area contributed by atoms with Gasteiger partial charge >= 0.3 is 0 Å². The highest BCUT2D eigenvalue weighted by molar-refractivity contribution is 6.31. The second-order valence-corrected chi connectivity index (χ2v) is 4.54. The molecule has 0 aliphatic rings. The Morgan fingerprint density at radius 1 is 1.12 bits per heavy atom. The summed E-state index contributed by atoms with van der Waals surface area (Å²) >= 11 is 11.9. The van der Waals surface area contributed by atoms with Crippen LogP contribution < -0.4 is 5.32 Å². The van der Waals surface area contributed by atoms with Gasteiger partial charge in [-0.25, -0.2) is 0 Å². The Kier molecular flexibility index (Phi) is 4.37. The number of benzene rings is 1. The van der Waals surface area contributed by atoms with Crippen molar-refractivity contribution >= 4 is 23.2 Å². The molecule has 2 nitrogen and oxygen atoms in total. The van der Waals surface area contributed by atoms with E-state index >= 15 is 0 Å². The van der Waals surface area contributed by atoms with Crippen LogP contribution in [0.1, 0.15) is 11.1 Å². The number of hydrogen-bond donors (Lipinski definition) is 1. The van der Waals surface area contributed by atoms with Crippen LogP contribution in [0.25, 0.3) is 0 Å². The Bertz CT molecular complexity index is 500. The van der Waals surface area contributed by atoms with Crippen LogP contribution in [0.15, 0.2) is 42.7 Å². The summed E-state index contributed by atoms with van der Waals surface area (Å²) in [6.07, 6.45) is 3.39. The maximum atomic E-state index is 6.01. The molecule has 1 aromatic carbocycles. The standard InChI is InChI=1S/C13H12Cl2N2/c14-12-3-1-2-10(6-12)7-17-8-11-4-5-16-9-13(11)15/h1-6,9,17H,7-8H2. The van der Waals surface area contributed by atoms with Crippen molar-refractivity contribution < 1.29 is 0 Å². The average Bonchev–Trinajstić information content (AvgIpc) is 2.32. The van der Waals surface area contributed by atoms with Crippen molar-refractivity contribution in [3.05, 3.63) is 63.9 Å². The summed E-state index contributed by atoms with van der Waals surface area (Å²) in [4.78, 5) is 3.95. The van der Waals surface area contributed by atoms with E-state index in [4.69, 9.17) is 23.2 Å². The van der Waals surface area contributed by atoms with Crippen molar-refractivity contribution in [2.45, 2.75) is 13.1 Å². The van der Waals surface area contributed by atoms with Gasteiger partial charge in [0, 0.05) is 30.5 Å². The van der Waals surface area contributed by atoms with Gasteiger partial charge < -0.3 is 5.32 Å². The van der Waals surface area contributed by atoms with Gasteiger partial charge in [-0.2, -0.15) is 0 Å². The van der Waals surface area contributed by atoms with Gasteiger partial charge in [-0.15, -0.1) is 0 Å². The van der Waals surface area contributed by atoms with Crippen LogP contribution in [0.5, 0.6) is 0 Å². The molecule has 17 heavy (non-hydrogen) atoms. The fourth-order valence-corrected chi connectivity index (χ4v) is 1.93.